The molecule has 178 valence electrons. The molecule has 0 radical (unpaired) electrons. The van der Waals surface area contributed by atoms with Crippen LogP contribution in [0.5, 0.6) is 5.75 Å². The number of hydrogen-bond acceptors (Lipinski definition) is 9. The molecule has 3 aliphatic carbocycles. The molecule has 0 unspecified atom stereocenters. The maximum Gasteiger partial charge on any atom is 0.209 e. The Bertz CT molecular complexity index is 1260. The van der Waals surface area contributed by atoms with E-state index >= 15 is 0 Å². The van der Waals surface area contributed by atoms with Crippen LogP contribution in [0.4, 0.5) is 0 Å². The van der Waals surface area contributed by atoms with Gasteiger partial charge in [-0.2, -0.15) is 0 Å². The third-order valence-corrected chi connectivity index (χ3v) is 7.01. The van der Waals surface area contributed by atoms with Gasteiger partial charge >= 0.3 is 0 Å². The second-order valence-electron chi connectivity index (χ2n) is 9.10. The molecule has 0 spiro atoms. The Labute approximate surface area is 195 Å². The van der Waals surface area contributed by atoms with Crippen LogP contribution in [0.3, 0.4) is 0 Å². The molecule has 5 N–H and O–H groups in total. The van der Waals surface area contributed by atoms with E-state index < -0.39 is 64.5 Å². The number of aliphatic hydroxyl groups excluding tert-OH is 3. The summed E-state index contributed by atoms with van der Waals surface area (Å²) in [6.07, 6.45) is 0.197. The lowest BCUT2D eigenvalue weighted by Gasteiger charge is -2.50. The third-order valence-electron chi connectivity index (χ3n) is 7.01. The fraction of sp³-hybridized carbons (Fsp3) is 0.400. The van der Waals surface area contributed by atoms with Crippen molar-refractivity contribution in [1.82, 2.24) is 4.90 Å². The smallest absolute Gasteiger partial charge is 0.209 e. The highest BCUT2D eigenvalue weighted by Gasteiger charge is 2.63. The Morgan fingerprint density at radius 1 is 1.21 bits per heavy atom. The summed E-state index contributed by atoms with van der Waals surface area (Å²) in [7, 11) is 3.21. The highest BCUT2D eigenvalue weighted by molar-refractivity contribution is 6.25. The molecule has 9 heteroatoms. The molecule has 34 heavy (non-hydrogen) atoms. The van der Waals surface area contributed by atoms with Gasteiger partial charge in [-0.25, -0.2) is 0 Å². The van der Waals surface area contributed by atoms with E-state index in [0.717, 1.165) is 6.92 Å². The summed E-state index contributed by atoms with van der Waals surface area (Å²) in [5.41, 5.74) is -2.64. The van der Waals surface area contributed by atoms with Gasteiger partial charge in [0.25, 0.3) is 0 Å². The summed E-state index contributed by atoms with van der Waals surface area (Å²) in [4.78, 5) is 40.5. The van der Waals surface area contributed by atoms with Crippen molar-refractivity contribution < 1.29 is 39.9 Å². The fourth-order valence-electron chi connectivity index (χ4n) is 5.60. The molecule has 9 nitrogen and oxygen atoms in total. The Balaban J connectivity index is 1.96. The number of phenolic OH excluding ortho intramolecular Hbond substituents is 1. The molecule has 0 fully saturated rings. The van der Waals surface area contributed by atoms with Gasteiger partial charge in [-0.3, -0.25) is 19.3 Å². The van der Waals surface area contributed by atoms with Crippen LogP contribution in [-0.2, 0) is 16.0 Å². The number of rotatable bonds is 2. The lowest BCUT2D eigenvalue weighted by atomic mass is 9.58. The molecule has 4 rings (SSSR count). The first-order chi connectivity index (χ1) is 16.0. The first-order valence-electron chi connectivity index (χ1n) is 10.8. The zero-order valence-corrected chi connectivity index (χ0v) is 18.9. The summed E-state index contributed by atoms with van der Waals surface area (Å²) < 4.78 is 0. The molecule has 0 saturated carbocycles. The highest BCUT2D eigenvalue weighted by Crippen LogP contribution is 2.52. The number of nitrogens with zero attached hydrogens (tertiary/aromatic N) is 1. The van der Waals surface area contributed by atoms with Crippen molar-refractivity contribution in [3.8, 4) is 17.6 Å². The molecule has 3 aliphatic rings. The van der Waals surface area contributed by atoms with Crippen LogP contribution in [0.25, 0.3) is 0 Å². The lowest BCUT2D eigenvalue weighted by Crippen LogP contribution is -2.63. The van der Waals surface area contributed by atoms with Gasteiger partial charge in [0.05, 0.1) is 11.6 Å². The van der Waals surface area contributed by atoms with E-state index in [1.165, 1.54) is 12.1 Å². The number of hydrogen-bond donors (Lipinski definition) is 5. The summed E-state index contributed by atoms with van der Waals surface area (Å²) >= 11 is 0. The number of aliphatic hydroxyl groups is 4. The summed E-state index contributed by atoms with van der Waals surface area (Å²) in [6.45, 7) is 0.676. The molecule has 0 heterocycles. The van der Waals surface area contributed by atoms with Crippen LogP contribution in [0.2, 0.25) is 0 Å². The molecule has 0 saturated heterocycles. The van der Waals surface area contributed by atoms with E-state index in [0.29, 0.717) is 11.1 Å². The molecule has 1 aromatic carbocycles. The normalized spacial score (nSPS) is 28.2. The fourth-order valence-corrected chi connectivity index (χ4v) is 5.60. The number of fused-ring (bicyclic) bond motifs is 3. The summed E-state index contributed by atoms with van der Waals surface area (Å²) in [6, 6.07) is 1.83. The minimum absolute atomic E-state index is 0.0351. The molecule has 0 aromatic heterocycles. The van der Waals surface area contributed by atoms with Crippen LogP contribution < -0.4 is 0 Å². The van der Waals surface area contributed by atoms with Gasteiger partial charge in [-0.05, 0) is 57.5 Å². The SMILES string of the molecule is CC(=O)C1=C(O)[C@@H](N(C)C)[C@@H]2C[C@@H]3Cc4c(C#CCO)ccc(O)c4C(=O)C3=C(O)[C@]2(O)C1=O. The minimum Gasteiger partial charge on any atom is -0.510 e. The average molecular weight is 467 g/mol. The van der Waals surface area contributed by atoms with E-state index in [9.17, 15) is 34.8 Å². The number of aromatic hydroxyl groups is 1. The quantitative estimate of drug-likeness (QED) is 0.310. The molecular formula is C25H25NO8. The number of phenols is 1. The maximum atomic E-state index is 13.5. The average Bonchev–Trinajstić information content (AvgIpc) is 2.75. The Morgan fingerprint density at radius 3 is 2.47 bits per heavy atom. The first-order valence-corrected chi connectivity index (χ1v) is 10.8. The zero-order valence-electron chi connectivity index (χ0n) is 18.9. The van der Waals surface area contributed by atoms with Crippen molar-refractivity contribution in [2.24, 2.45) is 11.8 Å². The molecular weight excluding hydrogens is 442 g/mol. The van der Waals surface area contributed by atoms with Crippen molar-refractivity contribution in [2.75, 3.05) is 20.7 Å². The molecule has 0 aliphatic heterocycles. The molecule has 4 atom stereocenters. The predicted octanol–water partition coefficient (Wildman–Crippen LogP) is 0.568. The molecule has 0 amide bonds. The van der Waals surface area contributed by atoms with Gasteiger partial charge in [-0.1, -0.05) is 11.8 Å². The monoisotopic (exact) mass is 467 g/mol. The van der Waals surface area contributed by atoms with Gasteiger partial charge in [0.1, 0.15) is 29.4 Å². The van der Waals surface area contributed by atoms with Crippen molar-refractivity contribution >= 4 is 17.3 Å². The van der Waals surface area contributed by atoms with Crippen LogP contribution in [0.15, 0.2) is 34.8 Å². The summed E-state index contributed by atoms with van der Waals surface area (Å²) in [5.74, 6) is -0.789. The number of likely N-dealkylation sites (N-methyl/N-ethyl adjacent to an activating group) is 1. The van der Waals surface area contributed by atoms with Gasteiger partial charge < -0.3 is 25.5 Å². The number of benzene rings is 1. The number of ketones is 3. The Kier molecular flexibility index (Phi) is 5.64. The maximum absolute atomic E-state index is 13.5. The number of carbonyl (C=O) groups excluding carboxylic acids is 3. The van der Waals surface area contributed by atoms with E-state index in [4.69, 9.17) is 5.11 Å². The van der Waals surface area contributed by atoms with Gasteiger partial charge in [-0.15, -0.1) is 0 Å². The molecule has 0 bridgehead atoms. The number of carbonyl (C=O) groups is 3. The molecule has 1 aromatic rings. The van der Waals surface area contributed by atoms with Crippen molar-refractivity contribution in [1.29, 1.82) is 0 Å². The van der Waals surface area contributed by atoms with Crippen LogP contribution in [0.1, 0.15) is 34.8 Å². The summed E-state index contributed by atoms with van der Waals surface area (Å²) in [5, 5.41) is 53.1. The minimum atomic E-state index is -2.59. The zero-order chi connectivity index (χ0) is 25.1. The van der Waals surface area contributed by atoms with Crippen molar-refractivity contribution in [2.45, 2.75) is 31.4 Å². The van der Waals surface area contributed by atoms with E-state index in [1.54, 1.807) is 19.0 Å². The topological polar surface area (TPSA) is 156 Å². The number of Topliss-reactive ketones (excluding diaryl/α,β-unsaturated/α-hetero) is 3. The third kappa shape index (κ3) is 3.10. The van der Waals surface area contributed by atoms with E-state index in [-0.39, 0.29) is 29.7 Å². The Morgan fingerprint density at radius 2 is 1.88 bits per heavy atom. The van der Waals surface area contributed by atoms with Gasteiger partial charge in [0, 0.05) is 17.1 Å². The van der Waals surface area contributed by atoms with Crippen LogP contribution >= 0.6 is 0 Å². The number of allylic oxidation sites excluding steroid dienone is 1. The largest absolute Gasteiger partial charge is 0.510 e. The second kappa shape index (κ2) is 8.09. The van der Waals surface area contributed by atoms with Crippen LogP contribution in [-0.4, -0.2) is 80.1 Å². The van der Waals surface area contributed by atoms with Crippen molar-refractivity contribution in [3.63, 3.8) is 0 Å². The standard InChI is InChI=1S/C25H25NO8/c1-11(28)17-22(31)20(26(2)3)15-10-13-9-14-12(5-4-8-27)6-7-16(29)19(14)21(30)18(13)24(33)25(15,34)23(17)32/h6-7,13,15,20,27,29,31,33-34H,8-10H2,1-3H3/t13-,15-,20-,25+/m0/s1. The van der Waals surface area contributed by atoms with E-state index in [1.807, 2.05) is 0 Å². The van der Waals surface area contributed by atoms with Crippen molar-refractivity contribution in [3.05, 3.63) is 51.5 Å². The van der Waals surface area contributed by atoms with Gasteiger partial charge in [0.2, 0.25) is 5.78 Å². The Hall–Kier alpha value is -3.45. The predicted molar refractivity (Wildman–Crippen MR) is 119 cm³/mol. The van der Waals surface area contributed by atoms with Gasteiger partial charge in [0.15, 0.2) is 17.2 Å². The van der Waals surface area contributed by atoms with E-state index in [2.05, 4.69) is 11.8 Å². The second-order valence-corrected chi connectivity index (χ2v) is 9.10. The highest BCUT2D eigenvalue weighted by atomic mass is 16.3. The lowest BCUT2D eigenvalue weighted by molar-refractivity contribution is -0.148. The van der Waals surface area contributed by atoms with Crippen LogP contribution in [0, 0.1) is 23.7 Å². The first kappa shape index (κ1) is 23.7.